The van der Waals surface area contributed by atoms with Gasteiger partial charge in [0.1, 0.15) is 6.10 Å². The highest BCUT2D eigenvalue weighted by Crippen LogP contribution is 2.36. The molecule has 1 aliphatic heterocycles. The Kier molecular flexibility index (Phi) is 4.16. The van der Waals surface area contributed by atoms with Crippen molar-refractivity contribution in [2.75, 3.05) is 11.9 Å². The third-order valence-corrected chi connectivity index (χ3v) is 4.86. The van der Waals surface area contributed by atoms with E-state index in [1.807, 2.05) is 24.3 Å². The van der Waals surface area contributed by atoms with Gasteiger partial charge in [-0.1, -0.05) is 24.3 Å². The molecule has 2 aromatic rings. The van der Waals surface area contributed by atoms with Crippen LogP contribution in [0.25, 0.3) is 0 Å². The molecule has 4 heteroatoms. The number of hydrogen-bond acceptors (Lipinski definition) is 4. The van der Waals surface area contributed by atoms with Crippen molar-refractivity contribution in [3.8, 4) is 5.88 Å². The lowest BCUT2D eigenvalue weighted by atomic mass is 9.77. The molecule has 1 N–H and O–H groups in total. The second-order valence-corrected chi connectivity index (χ2v) is 6.37. The second kappa shape index (κ2) is 6.59. The Bertz CT molecular complexity index is 566. The fourth-order valence-corrected chi connectivity index (χ4v) is 3.70. The highest BCUT2D eigenvalue weighted by atomic mass is 16.5. The van der Waals surface area contributed by atoms with E-state index in [9.17, 15) is 0 Å². The van der Waals surface area contributed by atoms with Gasteiger partial charge in [0.05, 0.1) is 12.7 Å². The van der Waals surface area contributed by atoms with E-state index in [4.69, 9.17) is 9.47 Å². The zero-order valence-corrected chi connectivity index (χ0v) is 13.1. The summed E-state index contributed by atoms with van der Waals surface area (Å²) in [6, 6.07) is 16.6. The van der Waals surface area contributed by atoms with Crippen LogP contribution >= 0.6 is 0 Å². The maximum Gasteiger partial charge on any atom is 0.213 e. The Morgan fingerprint density at radius 3 is 2.74 bits per heavy atom. The molecular weight excluding hydrogens is 288 g/mol. The molecule has 2 unspecified atom stereocenters. The summed E-state index contributed by atoms with van der Waals surface area (Å²) in [5, 5.41) is 3.70. The van der Waals surface area contributed by atoms with E-state index < -0.39 is 0 Å². The Labute approximate surface area is 136 Å². The van der Waals surface area contributed by atoms with E-state index in [-0.39, 0.29) is 6.10 Å². The number of benzene rings is 1. The number of rotatable bonds is 4. The van der Waals surface area contributed by atoms with Gasteiger partial charge in [-0.15, -0.1) is 0 Å². The minimum Gasteiger partial charge on any atom is -0.472 e. The van der Waals surface area contributed by atoms with Gasteiger partial charge in [0, 0.05) is 29.9 Å². The lowest BCUT2D eigenvalue weighted by Crippen LogP contribution is -2.52. The Hall–Kier alpha value is -2.07. The van der Waals surface area contributed by atoms with Crippen LogP contribution in [0.15, 0.2) is 54.7 Å². The van der Waals surface area contributed by atoms with Crippen molar-refractivity contribution in [2.45, 2.75) is 37.5 Å². The van der Waals surface area contributed by atoms with Crippen LogP contribution in [0.1, 0.15) is 19.3 Å². The maximum atomic E-state index is 6.13. The number of hydrogen-bond donors (Lipinski definition) is 1. The molecule has 4 atom stereocenters. The smallest absolute Gasteiger partial charge is 0.213 e. The number of ether oxygens (including phenoxy) is 2. The SMILES string of the molecule is c1ccc(N[C@@H]2CCC3CC2[C@@H](Oc2ccccn2)CO3)cc1. The molecule has 120 valence electrons. The Morgan fingerprint density at radius 1 is 1.04 bits per heavy atom. The summed E-state index contributed by atoms with van der Waals surface area (Å²) in [7, 11) is 0. The van der Waals surface area contributed by atoms with E-state index in [2.05, 4.69) is 34.6 Å². The van der Waals surface area contributed by atoms with E-state index in [1.165, 1.54) is 5.69 Å². The van der Waals surface area contributed by atoms with Crippen molar-refractivity contribution < 1.29 is 9.47 Å². The van der Waals surface area contributed by atoms with Gasteiger partial charge in [-0.3, -0.25) is 0 Å². The summed E-state index contributed by atoms with van der Waals surface area (Å²) in [4.78, 5) is 4.29. The summed E-state index contributed by atoms with van der Waals surface area (Å²) in [5.74, 6) is 1.13. The number of pyridine rings is 1. The monoisotopic (exact) mass is 310 g/mol. The first-order valence-corrected chi connectivity index (χ1v) is 8.39. The molecule has 1 aromatic heterocycles. The Morgan fingerprint density at radius 2 is 1.91 bits per heavy atom. The van der Waals surface area contributed by atoms with Crippen LogP contribution in [0.5, 0.6) is 5.88 Å². The molecule has 0 spiro atoms. The number of aromatic nitrogens is 1. The number of fused-ring (bicyclic) bond motifs is 2. The molecule has 2 bridgehead atoms. The van der Waals surface area contributed by atoms with Crippen molar-refractivity contribution in [1.29, 1.82) is 0 Å². The number of anilines is 1. The van der Waals surface area contributed by atoms with Crippen LogP contribution < -0.4 is 10.1 Å². The average Bonchev–Trinajstić information content (AvgIpc) is 2.61. The molecule has 1 saturated heterocycles. The van der Waals surface area contributed by atoms with Crippen LogP contribution in [0.2, 0.25) is 0 Å². The third-order valence-electron chi connectivity index (χ3n) is 4.86. The zero-order valence-electron chi connectivity index (χ0n) is 13.1. The number of nitrogens with zero attached hydrogens (tertiary/aromatic N) is 1. The molecule has 0 radical (unpaired) electrons. The van der Waals surface area contributed by atoms with E-state index >= 15 is 0 Å². The fourth-order valence-electron chi connectivity index (χ4n) is 3.70. The van der Waals surface area contributed by atoms with E-state index in [1.54, 1.807) is 6.20 Å². The molecule has 4 rings (SSSR count). The second-order valence-electron chi connectivity index (χ2n) is 6.37. The minimum atomic E-state index is 0.0580. The molecule has 2 heterocycles. The summed E-state index contributed by atoms with van der Waals surface area (Å²) in [6.45, 7) is 0.652. The highest BCUT2D eigenvalue weighted by molar-refractivity contribution is 5.43. The predicted octanol–water partition coefficient (Wildman–Crippen LogP) is 3.51. The first kappa shape index (κ1) is 14.5. The van der Waals surface area contributed by atoms with Gasteiger partial charge in [0.2, 0.25) is 5.88 Å². The Balaban J connectivity index is 1.49. The van der Waals surface area contributed by atoms with Crippen LogP contribution in [-0.2, 0) is 4.74 Å². The van der Waals surface area contributed by atoms with Crippen molar-refractivity contribution in [3.63, 3.8) is 0 Å². The summed E-state index contributed by atoms with van der Waals surface area (Å²) in [6.07, 6.45) is 5.51. The zero-order chi connectivity index (χ0) is 15.5. The first-order valence-electron chi connectivity index (χ1n) is 8.39. The van der Waals surface area contributed by atoms with Gasteiger partial charge >= 0.3 is 0 Å². The molecule has 1 saturated carbocycles. The van der Waals surface area contributed by atoms with Crippen LogP contribution in [0.4, 0.5) is 5.69 Å². The fraction of sp³-hybridized carbons (Fsp3) is 0.421. The van der Waals surface area contributed by atoms with Crippen molar-refractivity contribution >= 4 is 5.69 Å². The number of nitrogens with one attached hydrogen (secondary N) is 1. The van der Waals surface area contributed by atoms with E-state index in [0.717, 1.165) is 19.3 Å². The quantitative estimate of drug-likeness (QED) is 0.938. The predicted molar refractivity (Wildman–Crippen MR) is 89.6 cm³/mol. The van der Waals surface area contributed by atoms with Gasteiger partial charge in [0.25, 0.3) is 0 Å². The van der Waals surface area contributed by atoms with Crippen molar-refractivity contribution in [2.24, 2.45) is 5.92 Å². The molecule has 1 aliphatic carbocycles. The minimum absolute atomic E-state index is 0.0580. The van der Waals surface area contributed by atoms with Crippen molar-refractivity contribution in [3.05, 3.63) is 54.7 Å². The largest absolute Gasteiger partial charge is 0.472 e. The molecule has 0 amide bonds. The van der Waals surface area contributed by atoms with Gasteiger partial charge in [-0.05, 0) is 37.5 Å². The number of para-hydroxylation sites is 1. The van der Waals surface area contributed by atoms with Crippen LogP contribution in [-0.4, -0.2) is 29.8 Å². The topological polar surface area (TPSA) is 43.4 Å². The molecule has 2 aliphatic rings. The van der Waals surface area contributed by atoms with Gasteiger partial charge in [0.15, 0.2) is 0 Å². The van der Waals surface area contributed by atoms with Crippen LogP contribution in [0.3, 0.4) is 0 Å². The highest BCUT2D eigenvalue weighted by Gasteiger charge is 2.41. The summed E-state index contributed by atoms with van der Waals surface area (Å²) < 4.78 is 12.1. The van der Waals surface area contributed by atoms with Crippen LogP contribution in [0, 0.1) is 5.92 Å². The average molecular weight is 310 g/mol. The summed E-state index contributed by atoms with van der Waals surface area (Å²) in [5.41, 5.74) is 1.18. The molecule has 23 heavy (non-hydrogen) atoms. The van der Waals surface area contributed by atoms with Crippen molar-refractivity contribution in [1.82, 2.24) is 4.98 Å². The lowest BCUT2D eigenvalue weighted by molar-refractivity contribution is -0.103. The molecule has 2 fully saturated rings. The molecule has 1 aromatic carbocycles. The van der Waals surface area contributed by atoms with Gasteiger partial charge in [-0.25, -0.2) is 4.98 Å². The third kappa shape index (κ3) is 3.32. The maximum absolute atomic E-state index is 6.13. The summed E-state index contributed by atoms with van der Waals surface area (Å²) >= 11 is 0. The normalized spacial score (nSPS) is 29.7. The molecular formula is C19H22N2O2. The lowest BCUT2D eigenvalue weighted by Gasteiger charge is -2.44. The van der Waals surface area contributed by atoms with Gasteiger partial charge < -0.3 is 14.8 Å². The standard InChI is InChI=1S/C19H22N2O2/c1-2-6-14(7-3-1)21-17-10-9-15-12-16(17)18(13-22-15)23-19-8-4-5-11-20-19/h1-8,11,15-18,21H,9-10,12-13H2/t15?,16?,17-,18+/m1/s1. The first-order chi connectivity index (χ1) is 11.4. The molecule has 4 nitrogen and oxygen atoms in total. The van der Waals surface area contributed by atoms with Gasteiger partial charge in [-0.2, -0.15) is 0 Å². The van der Waals surface area contributed by atoms with E-state index in [0.29, 0.717) is 30.6 Å².